The highest BCUT2D eigenvalue weighted by molar-refractivity contribution is 7.92. The van der Waals surface area contributed by atoms with Crippen molar-refractivity contribution in [3.63, 3.8) is 0 Å². The van der Waals surface area contributed by atoms with Crippen molar-refractivity contribution in [2.75, 3.05) is 25.1 Å². The Labute approximate surface area is 271 Å². The number of amides is 2. The van der Waals surface area contributed by atoms with E-state index in [4.69, 9.17) is 9.47 Å². The molecular formula is C36H41N3O6S. The van der Waals surface area contributed by atoms with Gasteiger partial charge in [-0.2, -0.15) is 0 Å². The molecule has 0 unspecified atom stereocenters. The van der Waals surface area contributed by atoms with Crippen molar-refractivity contribution in [2.24, 2.45) is 0 Å². The maximum atomic E-state index is 14.6. The molecule has 1 N–H and O–H groups in total. The Hall–Kier alpha value is -4.83. The Bertz CT molecular complexity index is 1730. The van der Waals surface area contributed by atoms with Crippen LogP contribution in [0.5, 0.6) is 11.5 Å². The second-order valence-electron chi connectivity index (χ2n) is 11.2. The van der Waals surface area contributed by atoms with Crippen molar-refractivity contribution in [2.45, 2.75) is 50.7 Å². The van der Waals surface area contributed by atoms with Crippen LogP contribution in [0.25, 0.3) is 0 Å². The maximum absolute atomic E-state index is 14.6. The van der Waals surface area contributed by atoms with E-state index < -0.39 is 28.5 Å². The molecule has 2 amide bonds. The van der Waals surface area contributed by atoms with Crippen molar-refractivity contribution < 1.29 is 27.5 Å². The highest BCUT2D eigenvalue weighted by atomic mass is 32.2. The fourth-order valence-corrected chi connectivity index (χ4v) is 6.55. The molecule has 0 radical (unpaired) electrons. The number of anilines is 1. The topological polar surface area (TPSA) is 105 Å². The molecular weight excluding hydrogens is 602 g/mol. The number of rotatable bonds is 14. The third-order valence-electron chi connectivity index (χ3n) is 7.58. The van der Waals surface area contributed by atoms with Gasteiger partial charge in [-0.25, -0.2) is 8.42 Å². The van der Waals surface area contributed by atoms with E-state index >= 15 is 0 Å². The van der Waals surface area contributed by atoms with Crippen LogP contribution in [0.15, 0.2) is 108 Å². The predicted octanol–water partition coefficient (Wildman–Crippen LogP) is 5.37. The molecule has 0 saturated carbocycles. The lowest BCUT2D eigenvalue weighted by Gasteiger charge is -2.34. The van der Waals surface area contributed by atoms with Gasteiger partial charge in [-0.3, -0.25) is 13.9 Å². The second kappa shape index (κ2) is 15.4. The van der Waals surface area contributed by atoms with Gasteiger partial charge in [0.2, 0.25) is 11.8 Å². The Morgan fingerprint density at radius 1 is 0.804 bits per heavy atom. The molecule has 0 aliphatic heterocycles. The number of nitrogens with zero attached hydrogens (tertiary/aromatic N) is 2. The average molecular weight is 644 g/mol. The molecule has 4 aromatic carbocycles. The summed E-state index contributed by atoms with van der Waals surface area (Å²) < 4.78 is 40.4. The molecule has 0 aliphatic carbocycles. The van der Waals surface area contributed by atoms with Gasteiger partial charge in [0.15, 0.2) is 0 Å². The molecule has 0 heterocycles. The minimum Gasteiger partial charge on any atom is -0.497 e. The van der Waals surface area contributed by atoms with E-state index in [9.17, 15) is 18.0 Å². The molecule has 10 heteroatoms. The summed E-state index contributed by atoms with van der Waals surface area (Å²) in [6, 6.07) is 28.6. The minimum atomic E-state index is -4.30. The Balaban J connectivity index is 1.84. The summed E-state index contributed by atoms with van der Waals surface area (Å²) in [7, 11) is -1.36. The van der Waals surface area contributed by atoms with Crippen LogP contribution in [0, 0.1) is 6.92 Å². The molecule has 0 spiro atoms. The first-order valence-electron chi connectivity index (χ1n) is 15.0. The SMILES string of the molecule is COc1ccc(S(=O)(=O)N(CC(=O)N(Cc2ccccc2C)[C@H](Cc2ccccc2)C(=O)NC(C)C)c2ccccc2OC)cc1. The number of methoxy groups -OCH3 is 2. The molecule has 1 atom stereocenters. The third-order valence-corrected chi connectivity index (χ3v) is 9.36. The first-order chi connectivity index (χ1) is 22.0. The van der Waals surface area contributed by atoms with Gasteiger partial charge in [-0.05, 0) is 73.9 Å². The average Bonchev–Trinajstić information content (AvgIpc) is 3.06. The molecule has 0 aliphatic rings. The molecule has 0 aromatic heterocycles. The van der Waals surface area contributed by atoms with Crippen molar-refractivity contribution >= 4 is 27.5 Å². The monoisotopic (exact) mass is 643 g/mol. The van der Waals surface area contributed by atoms with Crippen molar-refractivity contribution in [3.8, 4) is 11.5 Å². The largest absolute Gasteiger partial charge is 0.497 e. The van der Waals surface area contributed by atoms with Crippen LogP contribution in [-0.2, 0) is 32.6 Å². The summed E-state index contributed by atoms with van der Waals surface area (Å²) in [4.78, 5) is 29.9. The fourth-order valence-electron chi connectivity index (χ4n) is 5.13. The van der Waals surface area contributed by atoms with Crippen LogP contribution in [0.2, 0.25) is 0 Å². The minimum absolute atomic E-state index is 0.0316. The standard InChI is InChI=1S/C36H41N3O6S/c1-26(2)37-36(41)33(23-28-14-7-6-8-15-28)38(24-29-16-10-9-13-27(29)3)35(40)25-39(32-17-11-12-18-34(32)45-5)46(42,43)31-21-19-30(44-4)20-22-31/h6-22,26,33H,23-25H2,1-5H3,(H,37,41)/t33-/m1/s1. The van der Waals surface area contributed by atoms with Gasteiger partial charge in [0.05, 0.1) is 24.8 Å². The highest BCUT2D eigenvalue weighted by Gasteiger charge is 2.35. The lowest BCUT2D eigenvalue weighted by atomic mass is 10.0. The molecule has 9 nitrogen and oxygen atoms in total. The zero-order valence-corrected chi connectivity index (χ0v) is 27.7. The lowest BCUT2D eigenvalue weighted by molar-refractivity contribution is -0.140. The first-order valence-corrected chi connectivity index (χ1v) is 16.5. The zero-order valence-electron chi connectivity index (χ0n) is 26.8. The number of aryl methyl sites for hydroxylation is 1. The molecule has 0 saturated heterocycles. The van der Waals surface area contributed by atoms with Crippen LogP contribution in [0.1, 0.15) is 30.5 Å². The molecule has 242 valence electrons. The Kier molecular flexibility index (Phi) is 11.4. The van der Waals surface area contributed by atoms with E-state index in [1.54, 1.807) is 36.4 Å². The summed E-state index contributed by atoms with van der Waals surface area (Å²) in [5.74, 6) is -0.117. The number of hydrogen-bond donors (Lipinski definition) is 1. The number of carbonyl (C=O) groups is 2. The summed E-state index contributed by atoms with van der Waals surface area (Å²) in [6.45, 7) is 5.16. The van der Waals surface area contributed by atoms with Gasteiger partial charge >= 0.3 is 0 Å². The van der Waals surface area contributed by atoms with Crippen LogP contribution in [-0.4, -0.2) is 58.0 Å². The number of para-hydroxylation sites is 2. The Morgan fingerprint density at radius 3 is 2.07 bits per heavy atom. The van der Waals surface area contributed by atoms with Gasteiger partial charge < -0.3 is 19.7 Å². The number of sulfonamides is 1. The summed E-state index contributed by atoms with van der Waals surface area (Å²) in [5.41, 5.74) is 2.83. The van der Waals surface area contributed by atoms with Gasteiger partial charge in [-0.15, -0.1) is 0 Å². The van der Waals surface area contributed by atoms with Crippen LogP contribution < -0.4 is 19.1 Å². The predicted molar refractivity (Wildman–Crippen MR) is 179 cm³/mol. The quantitative estimate of drug-likeness (QED) is 0.198. The molecule has 0 bridgehead atoms. The van der Waals surface area contributed by atoms with Gasteiger partial charge in [0.25, 0.3) is 10.0 Å². The van der Waals surface area contributed by atoms with Crippen molar-refractivity contribution in [1.82, 2.24) is 10.2 Å². The smallest absolute Gasteiger partial charge is 0.264 e. The van der Waals surface area contributed by atoms with E-state index in [-0.39, 0.29) is 41.2 Å². The van der Waals surface area contributed by atoms with Gasteiger partial charge in [0, 0.05) is 19.0 Å². The highest BCUT2D eigenvalue weighted by Crippen LogP contribution is 2.33. The van der Waals surface area contributed by atoms with E-state index in [0.29, 0.717) is 5.75 Å². The van der Waals surface area contributed by atoms with E-state index in [1.807, 2.05) is 75.4 Å². The number of hydrogen-bond acceptors (Lipinski definition) is 6. The number of benzene rings is 4. The Morgan fingerprint density at radius 2 is 1.43 bits per heavy atom. The third kappa shape index (κ3) is 8.25. The normalized spacial score (nSPS) is 11.9. The van der Waals surface area contributed by atoms with Crippen LogP contribution >= 0.6 is 0 Å². The van der Waals surface area contributed by atoms with Crippen LogP contribution in [0.3, 0.4) is 0 Å². The van der Waals surface area contributed by atoms with E-state index in [0.717, 1.165) is 21.0 Å². The van der Waals surface area contributed by atoms with Crippen LogP contribution in [0.4, 0.5) is 5.69 Å². The summed E-state index contributed by atoms with van der Waals surface area (Å²) >= 11 is 0. The molecule has 0 fully saturated rings. The summed E-state index contributed by atoms with van der Waals surface area (Å²) in [5, 5.41) is 2.97. The number of carbonyl (C=O) groups excluding carboxylic acids is 2. The number of ether oxygens (including phenoxy) is 2. The van der Waals surface area contributed by atoms with E-state index in [1.165, 1.54) is 31.3 Å². The molecule has 4 rings (SSSR count). The van der Waals surface area contributed by atoms with Gasteiger partial charge in [0.1, 0.15) is 24.1 Å². The number of nitrogens with one attached hydrogen (secondary N) is 1. The lowest BCUT2D eigenvalue weighted by Crippen LogP contribution is -2.54. The van der Waals surface area contributed by atoms with Crippen molar-refractivity contribution in [3.05, 3.63) is 120 Å². The van der Waals surface area contributed by atoms with Gasteiger partial charge in [-0.1, -0.05) is 66.7 Å². The first kappa shape index (κ1) is 34.1. The van der Waals surface area contributed by atoms with E-state index in [2.05, 4.69) is 5.32 Å². The maximum Gasteiger partial charge on any atom is 0.264 e. The second-order valence-corrected chi connectivity index (χ2v) is 13.0. The van der Waals surface area contributed by atoms with Crippen molar-refractivity contribution in [1.29, 1.82) is 0 Å². The molecule has 4 aromatic rings. The fraction of sp³-hybridized carbons (Fsp3) is 0.278. The summed E-state index contributed by atoms with van der Waals surface area (Å²) in [6.07, 6.45) is 0.233. The molecule has 46 heavy (non-hydrogen) atoms. The zero-order chi connectivity index (χ0) is 33.3.